The number of nitrogens with zero attached hydrogens (tertiary/aromatic N) is 3. The number of carbonyl (C=O) groups is 1. The van der Waals surface area contributed by atoms with Gasteiger partial charge >= 0.3 is 0 Å². The zero-order chi connectivity index (χ0) is 7.84. The maximum atomic E-state index is 11.1. The molecule has 1 aliphatic heterocycles. The van der Waals surface area contributed by atoms with E-state index in [9.17, 15) is 4.79 Å². The van der Waals surface area contributed by atoms with Crippen LogP contribution in [0.3, 0.4) is 0 Å². The average Bonchev–Trinajstić information content (AvgIpc) is 2.35. The molecule has 5 nitrogen and oxygen atoms in total. The summed E-state index contributed by atoms with van der Waals surface area (Å²) >= 11 is 0. The number of nitrogens with one attached hydrogen (secondary N) is 1. The molecule has 1 aliphatic rings. The SMILES string of the molecule is Cn1nnc2c1CNCC2=O. The van der Waals surface area contributed by atoms with Crippen molar-refractivity contribution >= 4 is 5.78 Å². The summed E-state index contributed by atoms with van der Waals surface area (Å²) in [5, 5.41) is 10.5. The number of aromatic nitrogens is 3. The average molecular weight is 152 g/mol. The lowest BCUT2D eigenvalue weighted by molar-refractivity contribution is 0.0976. The molecule has 0 amide bonds. The summed E-state index contributed by atoms with van der Waals surface area (Å²) in [7, 11) is 1.78. The van der Waals surface area contributed by atoms with Gasteiger partial charge in [-0.15, -0.1) is 5.10 Å². The van der Waals surface area contributed by atoms with Gasteiger partial charge in [0.25, 0.3) is 0 Å². The lowest BCUT2D eigenvalue weighted by atomic mass is 10.1. The van der Waals surface area contributed by atoms with Crippen molar-refractivity contribution in [3.8, 4) is 0 Å². The first-order valence-electron chi connectivity index (χ1n) is 3.41. The monoisotopic (exact) mass is 152 g/mol. The summed E-state index contributed by atoms with van der Waals surface area (Å²) in [6.07, 6.45) is 0. The van der Waals surface area contributed by atoms with Gasteiger partial charge in [-0.05, 0) is 0 Å². The van der Waals surface area contributed by atoms with Crippen LogP contribution in [-0.4, -0.2) is 27.3 Å². The third kappa shape index (κ3) is 0.848. The highest BCUT2D eigenvalue weighted by Crippen LogP contribution is 2.07. The molecule has 58 valence electrons. The molecule has 11 heavy (non-hydrogen) atoms. The Morgan fingerprint density at radius 1 is 1.55 bits per heavy atom. The van der Waals surface area contributed by atoms with Gasteiger partial charge in [0.2, 0.25) is 0 Å². The number of carbonyl (C=O) groups excluding carboxylic acids is 1. The molecule has 0 unspecified atom stereocenters. The van der Waals surface area contributed by atoms with Crippen molar-refractivity contribution in [3.63, 3.8) is 0 Å². The number of fused-ring (bicyclic) bond motifs is 1. The Balaban J connectivity index is 2.55. The van der Waals surface area contributed by atoms with E-state index in [1.54, 1.807) is 11.7 Å². The van der Waals surface area contributed by atoms with E-state index in [0.29, 0.717) is 18.8 Å². The van der Waals surface area contributed by atoms with Crippen LogP contribution in [0.25, 0.3) is 0 Å². The van der Waals surface area contributed by atoms with Gasteiger partial charge in [-0.25, -0.2) is 0 Å². The van der Waals surface area contributed by atoms with Crippen LogP contribution in [0, 0.1) is 0 Å². The third-order valence-corrected chi connectivity index (χ3v) is 1.78. The predicted octanol–water partition coefficient (Wildman–Crippen LogP) is -0.899. The van der Waals surface area contributed by atoms with Crippen LogP contribution in [0.5, 0.6) is 0 Å². The Bertz CT molecular complexity index is 304. The van der Waals surface area contributed by atoms with Gasteiger partial charge < -0.3 is 5.32 Å². The van der Waals surface area contributed by atoms with Crippen molar-refractivity contribution in [2.45, 2.75) is 6.54 Å². The Morgan fingerprint density at radius 2 is 2.36 bits per heavy atom. The van der Waals surface area contributed by atoms with Crippen molar-refractivity contribution < 1.29 is 4.79 Å². The second-order valence-corrected chi connectivity index (χ2v) is 2.54. The zero-order valence-electron chi connectivity index (χ0n) is 6.16. The predicted molar refractivity (Wildman–Crippen MR) is 37.0 cm³/mol. The van der Waals surface area contributed by atoms with E-state index < -0.39 is 0 Å². The molecule has 1 aromatic rings. The highest BCUT2D eigenvalue weighted by molar-refractivity contribution is 5.97. The van der Waals surface area contributed by atoms with Crippen molar-refractivity contribution in [2.24, 2.45) is 7.05 Å². The molecule has 0 spiro atoms. The first-order valence-corrected chi connectivity index (χ1v) is 3.41. The summed E-state index contributed by atoms with van der Waals surface area (Å²) < 4.78 is 1.62. The van der Waals surface area contributed by atoms with Gasteiger partial charge in [0.1, 0.15) is 0 Å². The fourth-order valence-electron chi connectivity index (χ4n) is 1.17. The maximum Gasteiger partial charge on any atom is 0.198 e. The molecule has 0 atom stereocenters. The molecule has 5 heteroatoms. The molecular weight excluding hydrogens is 144 g/mol. The molecule has 2 rings (SSSR count). The van der Waals surface area contributed by atoms with Crippen LogP contribution in [0.15, 0.2) is 0 Å². The zero-order valence-corrected chi connectivity index (χ0v) is 6.16. The van der Waals surface area contributed by atoms with Gasteiger partial charge in [0, 0.05) is 13.6 Å². The van der Waals surface area contributed by atoms with Crippen molar-refractivity contribution in [1.82, 2.24) is 20.3 Å². The van der Waals surface area contributed by atoms with Gasteiger partial charge in [-0.2, -0.15) is 0 Å². The number of hydrogen-bond acceptors (Lipinski definition) is 4. The third-order valence-electron chi connectivity index (χ3n) is 1.78. The summed E-state index contributed by atoms with van der Waals surface area (Å²) in [6.45, 7) is 1.07. The number of aryl methyl sites for hydroxylation is 1. The molecule has 0 saturated heterocycles. The molecular formula is C6H8N4O. The number of Topliss-reactive ketones (excluding diaryl/α,β-unsaturated/α-hetero) is 1. The first-order chi connectivity index (χ1) is 5.29. The van der Waals surface area contributed by atoms with Crippen LogP contribution >= 0.6 is 0 Å². The summed E-state index contributed by atoms with van der Waals surface area (Å²) in [5.74, 6) is 0.0272. The summed E-state index contributed by atoms with van der Waals surface area (Å²) in [6, 6.07) is 0. The number of hydrogen-bond donors (Lipinski definition) is 1. The highest BCUT2D eigenvalue weighted by Gasteiger charge is 2.21. The van der Waals surface area contributed by atoms with Crippen LogP contribution in [-0.2, 0) is 13.6 Å². The molecule has 1 aromatic heterocycles. The molecule has 0 aromatic carbocycles. The van der Waals surface area contributed by atoms with Crippen LogP contribution in [0.4, 0.5) is 0 Å². The summed E-state index contributed by atoms with van der Waals surface area (Å²) in [4.78, 5) is 11.1. The van der Waals surface area contributed by atoms with Crippen molar-refractivity contribution in [3.05, 3.63) is 11.4 Å². The number of rotatable bonds is 0. The molecule has 1 N–H and O–H groups in total. The Labute approximate surface area is 63.4 Å². The largest absolute Gasteiger partial charge is 0.304 e. The van der Waals surface area contributed by atoms with E-state index in [1.807, 2.05) is 0 Å². The standard InChI is InChI=1S/C6H8N4O/c1-10-4-2-7-3-5(11)6(4)8-9-10/h7H,2-3H2,1H3. The minimum absolute atomic E-state index is 0.0272. The van der Waals surface area contributed by atoms with E-state index in [4.69, 9.17) is 0 Å². The minimum Gasteiger partial charge on any atom is -0.304 e. The Kier molecular flexibility index (Phi) is 1.25. The van der Waals surface area contributed by atoms with E-state index in [-0.39, 0.29) is 5.78 Å². The molecule has 0 saturated carbocycles. The van der Waals surface area contributed by atoms with Crippen molar-refractivity contribution in [1.29, 1.82) is 0 Å². The number of ketones is 1. The van der Waals surface area contributed by atoms with Gasteiger partial charge in [0.05, 0.1) is 12.2 Å². The molecule has 0 bridgehead atoms. The second-order valence-electron chi connectivity index (χ2n) is 2.54. The first kappa shape index (κ1) is 6.48. The Morgan fingerprint density at radius 3 is 3.09 bits per heavy atom. The second kappa shape index (κ2) is 2.13. The molecule has 0 radical (unpaired) electrons. The van der Waals surface area contributed by atoms with E-state index >= 15 is 0 Å². The molecule has 0 fully saturated rings. The van der Waals surface area contributed by atoms with Crippen LogP contribution < -0.4 is 5.32 Å². The molecule has 0 aliphatic carbocycles. The Hall–Kier alpha value is -1.23. The van der Waals surface area contributed by atoms with Gasteiger partial charge in [0.15, 0.2) is 11.5 Å². The lowest BCUT2D eigenvalue weighted by Gasteiger charge is -2.09. The van der Waals surface area contributed by atoms with Gasteiger partial charge in [-0.3, -0.25) is 9.48 Å². The normalized spacial score (nSPS) is 16.6. The van der Waals surface area contributed by atoms with Crippen LogP contribution in [0.2, 0.25) is 0 Å². The summed E-state index contributed by atoms with van der Waals surface area (Å²) in [5.41, 5.74) is 1.40. The minimum atomic E-state index is 0.0272. The lowest BCUT2D eigenvalue weighted by Crippen LogP contribution is -2.30. The fourth-order valence-corrected chi connectivity index (χ4v) is 1.17. The maximum absolute atomic E-state index is 11.1. The van der Waals surface area contributed by atoms with Crippen molar-refractivity contribution in [2.75, 3.05) is 6.54 Å². The smallest absolute Gasteiger partial charge is 0.198 e. The quantitative estimate of drug-likeness (QED) is 0.523. The van der Waals surface area contributed by atoms with Crippen LogP contribution in [0.1, 0.15) is 16.2 Å². The van der Waals surface area contributed by atoms with E-state index in [2.05, 4.69) is 15.6 Å². The topological polar surface area (TPSA) is 59.8 Å². The van der Waals surface area contributed by atoms with Gasteiger partial charge in [-0.1, -0.05) is 5.21 Å². The fraction of sp³-hybridized carbons (Fsp3) is 0.500. The highest BCUT2D eigenvalue weighted by atomic mass is 16.1. The molecule has 2 heterocycles. The van der Waals surface area contributed by atoms with E-state index in [1.165, 1.54) is 0 Å². The van der Waals surface area contributed by atoms with E-state index in [0.717, 1.165) is 5.69 Å².